The lowest BCUT2D eigenvalue weighted by Crippen LogP contribution is -2.29. The van der Waals surface area contributed by atoms with Crippen LogP contribution in [0.25, 0.3) is 0 Å². The third-order valence-corrected chi connectivity index (χ3v) is 3.35. The normalized spacial score (nSPS) is 17.1. The van der Waals surface area contributed by atoms with Gasteiger partial charge < -0.3 is 20.7 Å². The van der Waals surface area contributed by atoms with Crippen LogP contribution >= 0.6 is 0 Å². The Hall–Kier alpha value is -1.63. The SMILES string of the molecule is CC(CNc1nc(N)nc(OC(C)C)n1)CN1CCCC1. The first-order chi connectivity index (χ1) is 10.0. The summed E-state index contributed by atoms with van der Waals surface area (Å²) in [6.07, 6.45) is 2.65. The van der Waals surface area contributed by atoms with Crippen LogP contribution in [0.1, 0.15) is 33.6 Å². The van der Waals surface area contributed by atoms with Crippen molar-refractivity contribution in [3.8, 4) is 6.01 Å². The number of anilines is 2. The van der Waals surface area contributed by atoms with Crippen molar-refractivity contribution in [1.82, 2.24) is 19.9 Å². The summed E-state index contributed by atoms with van der Waals surface area (Å²) < 4.78 is 5.46. The van der Waals surface area contributed by atoms with E-state index < -0.39 is 0 Å². The molecule has 1 saturated heterocycles. The fourth-order valence-electron chi connectivity index (χ4n) is 2.45. The summed E-state index contributed by atoms with van der Waals surface area (Å²) in [5, 5.41) is 3.22. The molecule has 2 rings (SSSR count). The number of nitrogen functional groups attached to an aromatic ring is 1. The quantitative estimate of drug-likeness (QED) is 0.785. The average Bonchev–Trinajstić information content (AvgIpc) is 2.87. The van der Waals surface area contributed by atoms with Gasteiger partial charge in [-0.05, 0) is 45.7 Å². The van der Waals surface area contributed by atoms with Gasteiger partial charge in [-0.25, -0.2) is 0 Å². The molecule has 21 heavy (non-hydrogen) atoms. The maximum atomic E-state index is 5.68. The highest BCUT2D eigenvalue weighted by Crippen LogP contribution is 2.13. The zero-order valence-corrected chi connectivity index (χ0v) is 13.2. The van der Waals surface area contributed by atoms with Crippen LogP contribution in [0.15, 0.2) is 0 Å². The Kier molecular flexibility index (Phi) is 5.55. The molecule has 7 nitrogen and oxygen atoms in total. The smallest absolute Gasteiger partial charge is 0.323 e. The second kappa shape index (κ2) is 7.40. The lowest BCUT2D eigenvalue weighted by atomic mass is 10.1. The number of nitrogens with two attached hydrogens (primary N) is 1. The molecule has 0 bridgehead atoms. The number of nitrogens with one attached hydrogen (secondary N) is 1. The predicted octanol–water partition coefficient (Wildman–Crippen LogP) is 1.38. The number of hydrogen-bond donors (Lipinski definition) is 2. The van der Waals surface area contributed by atoms with Crippen molar-refractivity contribution in [2.45, 2.75) is 39.7 Å². The van der Waals surface area contributed by atoms with Crippen LogP contribution < -0.4 is 15.8 Å². The molecule has 7 heteroatoms. The minimum Gasteiger partial charge on any atom is -0.461 e. The van der Waals surface area contributed by atoms with Gasteiger partial charge in [0.2, 0.25) is 11.9 Å². The minimum absolute atomic E-state index is 0.00809. The molecule has 1 aromatic rings. The Labute approximate surface area is 126 Å². The van der Waals surface area contributed by atoms with Crippen molar-refractivity contribution in [1.29, 1.82) is 0 Å². The number of nitrogens with zero attached hydrogens (tertiary/aromatic N) is 4. The fraction of sp³-hybridized carbons (Fsp3) is 0.786. The van der Waals surface area contributed by atoms with Gasteiger partial charge in [-0.3, -0.25) is 0 Å². The van der Waals surface area contributed by atoms with Gasteiger partial charge in [0.15, 0.2) is 0 Å². The van der Waals surface area contributed by atoms with Crippen LogP contribution in [0.4, 0.5) is 11.9 Å². The first-order valence-corrected chi connectivity index (χ1v) is 7.67. The molecule has 0 aromatic carbocycles. The van der Waals surface area contributed by atoms with Crippen LogP contribution in [-0.4, -0.2) is 52.1 Å². The van der Waals surface area contributed by atoms with E-state index in [0.717, 1.165) is 13.1 Å². The molecule has 1 aromatic heterocycles. The molecular formula is C14H26N6O. The van der Waals surface area contributed by atoms with Crippen molar-refractivity contribution in [3.05, 3.63) is 0 Å². The first-order valence-electron chi connectivity index (χ1n) is 7.67. The van der Waals surface area contributed by atoms with E-state index in [0.29, 0.717) is 11.9 Å². The molecule has 0 spiro atoms. The average molecular weight is 294 g/mol. The number of hydrogen-bond acceptors (Lipinski definition) is 7. The first kappa shape index (κ1) is 15.8. The number of rotatable bonds is 7. The number of ether oxygens (including phenoxy) is 1. The van der Waals surface area contributed by atoms with Gasteiger partial charge in [0, 0.05) is 13.1 Å². The molecule has 1 unspecified atom stereocenters. The Bertz CT molecular complexity index is 447. The van der Waals surface area contributed by atoms with E-state index in [2.05, 4.69) is 32.1 Å². The van der Waals surface area contributed by atoms with E-state index in [1.807, 2.05) is 13.8 Å². The number of likely N-dealkylation sites (tertiary alicyclic amines) is 1. The Balaban J connectivity index is 1.85. The standard InChI is InChI=1S/C14H26N6O/c1-10(2)21-14-18-12(15)17-13(19-14)16-8-11(3)9-20-6-4-5-7-20/h10-11H,4-9H2,1-3H3,(H3,15,16,17,18,19). The van der Waals surface area contributed by atoms with E-state index in [9.17, 15) is 0 Å². The third kappa shape index (κ3) is 5.34. The predicted molar refractivity (Wildman–Crippen MR) is 83.3 cm³/mol. The molecule has 1 fully saturated rings. The summed E-state index contributed by atoms with van der Waals surface area (Å²) in [6, 6.07) is 0.271. The van der Waals surface area contributed by atoms with Crippen molar-refractivity contribution >= 4 is 11.9 Å². The van der Waals surface area contributed by atoms with Gasteiger partial charge in [-0.15, -0.1) is 0 Å². The van der Waals surface area contributed by atoms with Gasteiger partial charge in [0.1, 0.15) is 0 Å². The third-order valence-electron chi connectivity index (χ3n) is 3.35. The topological polar surface area (TPSA) is 89.2 Å². The van der Waals surface area contributed by atoms with Gasteiger partial charge in [-0.1, -0.05) is 6.92 Å². The molecule has 0 amide bonds. The lowest BCUT2D eigenvalue weighted by molar-refractivity contribution is 0.222. The molecule has 1 aliphatic heterocycles. The molecule has 0 saturated carbocycles. The molecule has 2 heterocycles. The minimum atomic E-state index is 0.00809. The monoisotopic (exact) mass is 294 g/mol. The lowest BCUT2D eigenvalue weighted by Gasteiger charge is -2.20. The van der Waals surface area contributed by atoms with Crippen LogP contribution in [0.5, 0.6) is 6.01 Å². The summed E-state index contributed by atoms with van der Waals surface area (Å²) in [4.78, 5) is 14.8. The van der Waals surface area contributed by atoms with Crippen LogP contribution in [0.2, 0.25) is 0 Å². The van der Waals surface area contributed by atoms with E-state index >= 15 is 0 Å². The Morgan fingerprint density at radius 2 is 1.90 bits per heavy atom. The molecule has 1 aliphatic rings. The van der Waals surface area contributed by atoms with E-state index in [1.54, 1.807) is 0 Å². The summed E-state index contributed by atoms with van der Waals surface area (Å²) >= 11 is 0. The van der Waals surface area contributed by atoms with Gasteiger partial charge >= 0.3 is 6.01 Å². The molecule has 0 radical (unpaired) electrons. The van der Waals surface area contributed by atoms with E-state index in [4.69, 9.17) is 10.5 Å². The largest absolute Gasteiger partial charge is 0.461 e. The summed E-state index contributed by atoms with van der Waals surface area (Å²) in [6.45, 7) is 10.4. The highest BCUT2D eigenvalue weighted by Gasteiger charge is 2.15. The van der Waals surface area contributed by atoms with Gasteiger partial charge in [0.25, 0.3) is 0 Å². The Morgan fingerprint density at radius 1 is 1.19 bits per heavy atom. The van der Waals surface area contributed by atoms with Gasteiger partial charge in [-0.2, -0.15) is 15.0 Å². The van der Waals surface area contributed by atoms with Crippen molar-refractivity contribution < 1.29 is 4.74 Å². The summed E-state index contributed by atoms with van der Waals surface area (Å²) in [7, 11) is 0. The van der Waals surface area contributed by atoms with Crippen molar-refractivity contribution in [2.75, 3.05) is 37.2 Å². The van der Waals surface area contributed by atoms with Gasteiger partial charge in [0.05, 0.1) is 6.10 Å². The highest BCUT2D eigenvalue weighted by atomic mass is 16.5. The zero-order chi connectivity index (χ0) is 15.2. The maximum Gasteiger partial charge on any atom is 0.323 e. The molecular weight excluding hydrogens is 268 g/mol. The molecule has 1 atom stereocenters. The zero-order valence-electron chi connectivity index (χ0n) is 13.2. The molecule has 118 valence electrons. The Morgan fingerprint density at radius 3 is 2.57 bits per heavy atom. The van der Waals surface area contributed by atoms with Crippen LogP contribution in [0.3, 0.4) is 0 Å². The second-order valence-corrected chi connectivity index (χ2v) is 5.96. The highest BCUT2D eigenvalue weighted by molar-refractivity contribution is 5.32. The number of aromatic nitrogens is 3. The molecule has 3 N–H and O–H groups in total. The van der Waals surface area contributed by atoms with Crippen molar-refractivity contribution in [2.24, 2.45) is 5.92 Å². The van der Waals surface area contributed by atoms with Crippen molar-refractivity contribution in [3.63, 3.8) is 0 Å². The maximum absolute atomic E-state index is 5.68. The van der Waals surface area contributed by atoms with Crippen LogP contribution in [-0.2, 0) is 0 Å². The molecule has 0 aliphatic carbocycles. The summed E-state index contributed by atoms with van der Waals surface area (Å²) in [5.41, 5.74) is 5.68. The fourth-order valence-corrected chi connectivity index (χ4v) is 2.45. The second-order valence-electron chi connectivity index (χ2n) is 5.96. The summed E-state index contributed by atoms with van der Waals surface area (Å²) in [5.74, 6) is 1.18. The van der Waals surface area contributed by atoms with Crippen LogP contribution in [0, 0.1) is 5.92 Å². The van der Waals surface area contributed by atoms with E-state index in [-0.39, 0.29) is 18.1 Å². The van der Waals surface area contributed by atoms with E-state index in [1.165, 1.54) is 25.9 Å².